The van der Waals surface area contributed by atoms with Crippen molar-refractivity contribution in [3.63, 3.8) is 0 Å². The molecule has 0 saturated heterocycles. The van der Waals surface area contributed by atoms with E-state index in [1.54, 1.807) is 0 Å². The summed E-state index contributed by atoms with van der Waals surface area (Å²) < 4.78 is 11.5. The van der Waals surface area contributed by atoms with Gasteiger partial charge >= 0.3 is 0 Å². The molecule has 0 spiro atoms. The van der Waals surface area contributed by atoms with E-state index >= 15 is 0 Å². The number of furan rings is 1. The van der Waals surface area contributed by atoms with Gasteiger partial charge in [-0.2, -0.15) is 0 Å². The fourth-order valence-electron chi connectivity index (χ4n) is 3.52. The second-order valence-electron chi connectivity index (χ2n) is 6.32. The van der Waals surface area contributed by atoms with Crippen molar-refractivity contribution >= 4 is 16.9 Å². The van der Waals surface area contributed by atoms with Crippen LogP contribution >= 0.6 is 0 Å². The molecule has 1 amide bonds. The van der Waals surface area contributed by atoms with Crippen LogP contribution in [0.15, 0.2) is 22.8 Å². The van der Waals surface area contributed by atoms with Crippen molar-refractivity contribution in [3.05, 3.63) is 29.5 Å². The quantitative estimate of drug-likeness (QED) is 0.941. The van der Waals surface area contributed by atoms with Gasteiger partial charge in [-0.15, -0.1) is 0 Å². The zero-order chi connectivity index (χ0) is 15.1. The first-order valence-corrected chi connectivity index (χ1v) is 8.20. The van der Waals surface area contributed by atoms with Crippen molar-refractivity contribution in [2.75, 3.05) is 13.2 Å². The highest BCUT2D eigenvalue weighted by Gasteiger charge is 2.40. The summed E-state index contributed by atoms with van der Waals surface area (Å²) in [6.45, 7) is 3.46. The number of ether oxygens (including phenoxy) is 1. The maximum absolute atomic E-state index is 11.4. The van der Waals surface area contributed by atoms with Gasteiger partial charge in [0, 0.05) is 29.5 Å². The SMILES string of the molecule is CCC(=O)NC[C@@H]1C[C@H]1c1coc2ccc3c(c12)CCCO3. The molecule has 1 aliphatic carbocycles. The number of aryl methyl sites for hydroxylation is 1. The third-order valence-electron chi connectivity index (χ3n) is 4.87. The van der Waals surface area contributed by atoms with E-state index in [0.29, 0.717) is 18.3 Å². The van der Waals surface area contributed by atoms with E-state index < -0.39 is 0 Å². The maximum Gasteiger partial charge on any atom is 0.219 e. The molecule has 116 valence electrons. The standard InChI is InChI=1S/C18H21NO3/c1-2-17(20)19-9-11-8-13(11)14-10-22-16-6-5-15-12(18(14)16)4-3-7-21-15/h5-6,10-11,13H,2-4,7-9H2,1H3,(H,19,20)/t11-,13+/m0/s1. The van der Waals surface area contributed by atoms with Gasteiger partial charge in [-0.3, -0.25) is 4.79 Å². The normalized spacial score (nSPS) is 23.0. The highest BCUT2D eigenvalue weighted by atomic mass is 16.5. The van der Waals surface area contributed by atoms with E-state index in [-0.39, 0.29) is 5.91 Å². The van der Waals surface area contributed by atoms with Gasteiger partial charge < -0.3 is 14.5 Å². The Labute approximate surface area is 129 Å². The number of amides is 1. The Morgan fingerprint density at radius 3 is 3.18 bits per heavy atom. The van der Waals surface area contributed by atoms with Gasteiger partial charge in [-0.1, -0.05) is 6.92 Å². The molecule has 4 heteroatoms. The van der Waals surface area contributed by atoms with E-state index in [9.17, 15) is 4.79 Å². The van der Waals surface area contributed by atoms with Crippen LogP contribution in [0.2, 0.25) is 0 Å². The zero-order valence-electron chi connectivity index (χ0n) is 12.9. The lowest BCUT2D eigenvalue weighted by atomic mass is 9.97. The second-order valence-corrected chi connectivity index (χ2v) is 6.32. The molecule has 4 rings (SSSR count). The van der Waals surface area contributed by atoms with E-state index in [0.717, 1.165) is 43.7 Å². The van der Waals surface area contributed by atoms with E-state index in [1.807, 2.05) is 25.3 Å². The molecule has 1 aromatic carbocycles. The van der Waals surface area contributed by atoms with Crippen molar-refractivity contribution in [2.24, 2.45) is 5.92 Å². The van der Waals surface area contributed by atoms with Crippen molar-refractivity contribution in [1.82, 2.24) is 5.32 Å². The number of fused-ring (bicyclic) bond motifs is 3. The molecule has 1 saturated carbocycles. The Bertz CT molecular complexity index is 718. The van der Waals surface area contributed by atoms with Crippen LogP contribution in [0.4, 0.5) is 0 Å². The minimum atomic E-state index is 0.133. The number of hydrogen-bond donors (Lipinski definition) is 1. The van der Waals surface area contributed by atoms with Crippen LogP contribution in [-0.2, 0) is 11.2 Å². The van der Waals surface area contributed by atoms with Crippen molar-refractivity contribution in [2.45, 2.75) is 38.5 Å². The fraction of sp³-hybridized carbons (Fsp3) is 0.500. The highest BCUT2D eigenvalue weighted by Crippen LogP contribution is 2.51. The van der Waals surface area contributed by atoms with Crippen LogP contribution < -0.4 is 10.1 Å². The summed E-state index contributed by atoms with van der Waals surface area (Å²) in [5.74, 6) is 2.19. The number of nitrogens with one attached hydrogen (secondary N) is 1. The minimum Gasteiger partial charge on any atom is -0.493 e. The van der Waals surface area contributed by atoms with Crippen LogP contribution in [0.25, 0.3) is 11.0 Å². The topological polar surface area (TPSA) is 51.5 Å². The average molecular weight is 299 g/mol. The lowest BCUT2D eigenvalue weighted by molar-refractivity contribution is -0.120. The first kappa shape index (κ1) is 13.7. The average Bonchev–Trinajstić information content (AvgIpc) is 3.20. The van der Waals surface area contributed by atoms with E-state index in [4.69, 9.17) is 9.15 Å². The molecule has 4 nitrogen and oxygen atoms in total. The highest BCUT2D eigenvalue weighted by molar-refractivity contribution is 5.88. The van der Waals surface area contributed by atoms with Crippen LogP contribution in [0, 0.1) is 5.92 Å². The summed E-state index contributed by atoms with van der Waals surface area (Å²) in [6.07, 6.45) is 5.71. The monoisotopic (exact) mass is 299 g/mol. The molecule has 2 aliphatic rings. The summed E-state index contributed by atoms with van der Waals surface area (Å²) >= 11 is 0. The first-order valence-electron chi connectivity index (χ1n) is 8.20. The maximum atomic E-state index is 11.4. The molecule has 22 heavy (non-hydrogen) atoms. The molecule has 0 radical (unpaired) electrons. The van der Waals surface area contributed by atoms with Gasteiger partial charge in [0.1, 0.15) is 11.3 Å². The zero-order valence-corrected chi connectivity index (χ0v) is 12.9. The van der Waals surface area contributed by atoms with Crippen LogP contribution in [0.1, 0.15) is 43.2 Å². The Morgan fingerprint density at radius 1 is 1.41 bits per heavy atom. The predicted molar refractivity (Wildman–Crippen MR) is 84.2 cm³/mol. The summed E-state index contributed by atoms with van der Waals surface area (Å²) in [5.41, 5.74) is 3.56. The molecule has 1 aromatic heterocycles. The minimum absolute atomic E-state index is 0.133. The molecule has 2 heterocycles. The number of carbonyl (C=O) groups is 1. The molecule has 1 aliphatic heterocycles. The van der Waals surface area contributed by atoms with E-state index in [1.165, 1.54) is 16.5 Å². The molecule has 2 atom stereocenters. The number of rotatable bonds is 4. The largest absolute Gasteiger partial charge is 0.493 e. The lowest BCUT2D eigenvalue weighted by Crippen LogP contribution is -2.24. The summed E-state index contributed by atoms with van der Waals surface area (Å²) in [4.78, 5) is 11.4. The predicted octanol–water partition coefficient (Wildman–Crippen LogP) is 3.39. The van der Waals surface area contributed by atoms with Crippen LogP contribution in [0.5, 0.6) is 5.75 Å². The third kappa shape index (κ3) is 2.27. The van der Waals surface area contributed by atoms with Crippen molar-refractivity contribution in [3.8, 4) is 5.75 Å². The number of benzene rings is 1. The molecular formula is C18H21NO3. The Morgan fingerprint density at radius 2 is 2.32 bits per heavy atom. The van der Waals surface area contributed by atoms with Gasteiger partial charge in [0.25, 0.3) is 0 Å². The molecule has 1 fully saturated rings. The lowest BCUT2D eigenvalue weighted by Gasteiger charge is -2.18. The molecule has 0 unspecified atom stereocenters. The van der Waals surface area contributed by atoms with Crippen molar-refractivity contribution in [1.29, 1.82) is 0 Å². The third-order valence-corrected chi connectivity index (χ3v) is 4.87. The Hall–Kier alpha value is -1.97. The molecule has 1 N–H and O–H groups in total. The number of hydrogen-bond acceptors (Lipinski definition) is 3. The first-order chi connectivity index (χ1) is 10.8. The molecule has 2 aromatic rings. The second kappa shape index (κ2) is 5.34. The van der Waals surface area contributed by atoms with Crippen LogP contribution in [0.3, 0.4) is 0 Å². The van der Waals surface area contributed by atoms with Gasteiger partial charge in [-0.05, 0) is 43.2 Å². The molecular weight excluding hydrogens is 278 g/mol. The van der Waals surface area contributed by atoms with Crippen LogP contribution in [-0.4, -0.2) is 19.1 Å². The smallest absolute Gasteiger partial charge is 0.219 e. The Balaban J connectivity index is 1.59. The van der Waals surface area contributed by atoms with Gasteiger partial charge in [0.2, 0.25) is 5.91 Å². The number of carbonyl (C=O) groups excluding carboxylic acids is 1. The van der Waals surface area contributed by atoms with Crippen molar-refractivity contribution < 1.29 is 13.9 Å². The summed E-state index contributed by atoms with van der Waals surface area (Å²) in [7, 11) is 0. The Kier molecular flexibility index (Phi) is 3.32. The van der Waals surface area contributed by atoms with Gasteiger partial charge in [0.15, 0.2) is 0 Å². The summed E-state index contributed by atoms with van der Waals surface area (Å²) in [6, 6.07) is 4.04. The van der Waals surface area contributed by atoms with Gasteiger partial charge in [0.05, 0.1) is 12.9 Å². The van der Waals surface area contributed by atoms with Gasteiger partial charge in [-0.25, -0.2) is 0 Å². The fourth-order valence-corrected chi connectivity index (χ4v) is 3.52. The van der Waals surface area contributed by atoms with E-state index in [2.05, 4.69) is 5.32 Å². The molecule has 0 bridgehead atoms. The summed E-state index contributed by atoms with van der Waals surface area (Å²) in [5, 5.41) is 4.26.